The van der Waals surface area contributed by atoms with Crippen molar-refractivity contribution in [3.05, 3.63) is 35.9 Å². The third-order valence-electron chi connectivity index (χ3n) is 2.64. The molecular weight excluding hydrogens is 218 g/mol. The summed E-state index contributed by atoms with van der Waals surface area (Å²) in [4.78, 5) is 10.8. The largest absolute Gasteiger partial charge is 0.371 e. The van der Waals surface area contributed by atoms with Crippen LogP contribution in [0.2, 0.25) is 0 Å². The Bertz CT molecular complexity index is 358. The van der Waals surface area contributed by atoms with E-state index in [-0.39, 0.29) is 18.2 Å². The van der Waals surface area contributed by atoms with E-state index < -0.39 is 0 Å². The van der Waals surface area contributed by atoms with E-state index in [4.69, 9.17) is 9.47 Å². The van der Waals surface area contributed by atoms with Gasteiger partial charge in [-0.05, 0) is 5.56 Å². The molecule has 2 atom stereocenters. The van der Waals surface area contributed by atoms with Crippen molar-refractivity contribution in [2.24, 2.45) is 0 Å². The van der Waals surface area contributed by atoms with E-state index in [0.717, 1.165) is 6.42 Å². The molecule has 1 fully saturated rings. The lowest BCUT2D eigenvalue weighted by molar-refractivity contribution is -0.152. The maximum absolute atomic E-state index is 10.8. The molecule has 2 rings (SSSR count). The lowest BCUT2D eigenvalue weighted by Crippen LogP contribution is -2.46. The number of ether oxygens (including phenoxy) is 2. The van der Waals surface area contributed by atoms with Gasteiger partial charge in [-0.1, -0.05) is 30.3 Å². The van der Waals surface area contributed by atoms with Crippen molar-refractivity contribution in [1.29, 1.82) is 0 Å². The van der Waals surface area contributed by atoms with Crippen LogP contribution >= 0.6 is 0 Å². The molecule has 4 nitrogen and oxygen atoms in total. The zero-order chi connectivity index (χ0) is 12.1. The van der Waals surface area contributed by atoms with Gasteiger partial charge in [0, 0.05) is 13.3 Å². The smallest absolute Gasteiger partial charge is 0.218 e. The van der Waals surface area contributed by atoms with Crippen molar-refractivity contribution in [2.75, 3.05) is 13.2 Å². The van der Waals surface area contributed by atoms with Gasteiger partial charge in [-0.2, -0.15) is 0 Å². The van der Waals surface area contributed by atoms with E-state index in [2.05, 4.69) is 17.4 Å². The van der Waals surface area contributed by atoms with Crippen LogP contribution in [0, 0.1) is 0 Å². The minimum atomic E-state index is -0.306. The summed E-state index contributed by atoms with van der Waals surface area (Å²) in [5.41, 5.74) is 1.24. The van der Waals surface area contributed by atoms with Crippen molar-refractivity contribution < 1.29 is 14.3 Å². The van der Waals surface area contributed by atoms with Crippen LogP contribution in [0.4, 0.5) is 0 Å². The number of rotatable bonds is 3. The first-order valence-corrected chi connectivity index (χ1v) is 5.78. The fourth-order valence-electron chi connectivity index (χ4n) is 1.85. The molecule has 1 aliphatic rings. The number of carbonyl (C=O) groups is 1. The predicted molar refractivity (Wildman–Crippen MR) is 63.4 cm³/mol. The van der Waals surface area contributed by atoms with Gasteiger partial charge in [0.05, 0.1) is 19.3 Å². The zero-order valence-electron chi connectivity index (χ0n) is 9.89. The molecule has 0 bridgehead atoms. The van der Waals surface area contributed by atoms with Gasteiger partial charge in [0.2, 0.25) is 5.91 Å². The van der Waals surface area contributed by atoms with E-state index >= 15 is 0 Å². The Labute approximate surface area is 101 Å². The highest BCUT2D eigenvalue weighted by Crippen LogP contribution is 2.11. The molecule has 92 valence electrons. The molecule has 17 heavy (non-hydrogen) atoms. The molecule has 4 heteroatoms. The van der Waals surface area contributed by atoms with Gasteiger partial charge >= 0.3 is 0 Å². The molecular formula is C13H17NO3. The molecule has 1 saturated heterocycles. The second-order valence-electron chi connectivity index (χ2n) is 4.17. The second kappa shape index (κ2) is 5.80. The number of hydrogen-bond donors (Lipinski definition) is 1. The molecule has 1 aromatic carbocycles. The molecule has 0 saturated carbocycles. The third-order valence-corrected chi connectivity index (χ3v) is 2.64. The molecule has 1 aromatic rings. The number of benzene rings is 1. The maximum Gasteiger partial charge on any atom is 0.218 e. The summed E-state index contributed by atoms with van der Waals surface area (Å²) in [6, 6.07) is 10.2. The van der Waals surface area contributed by atoms with Crippen LogP contribution in [-0.4, -0.2) is 31.5 Å². The van der Waals surface area contributed by atoms with Crippen molar-refractivity contribution >= 4 is 5.91 Å². The summed E-state index contributed by atoms with van der Waals surface area (Å²) >= 11 is 0. The molecule has 1 amide bonds. The van der Waals surface area contributed by atoms with Crippen LogP contribution in [0.25, 0.3) is 0 Å². The van der Waals surface area contributed by atoms with Crippen LogP contribution in [-0.2, 0) is 20.7 Å². The lowest BCUT2D eigenvalue weighted by atomic mass is 10.1. The summed E-state index contributed by atoms with van der Waals surface area (Å²) in [6.45, 7) is 2.40. The first kappa shape index (κ1) is 12.1. The second-order valence-corrected chi connectivity index (χ2v) is 4.17. The lowest BCUT2D eigenvalue weighted by Gasteiger charge is -2.29. The summed E-state index contributed by atoms with van der Waals surface area (Å²) in [5, 5.41) is 2.68. The molecule has 1 aliphatic heterocycles. The van der Waals surface area contributed by atoms with Gasteiger partial charge < -0.3 is 14.8 Å². The predicted octanol–water partition coefficient (Wildman–Crippen LogP) is 1.11. The first-order chi connectivity index (χ1) is 8.24. The molecule has 0 radical (unpaired) electrons. The molecule has 2 unspecified atom stereocenters. The normalized spacial score (nSPS) is 24.3. The Morgan fingerprint density at radius 3 is 2.65 bits per heavy atom. The summed E-state index contributed by atoms with van der Waals surface area (Å²) in [7, 11) is 0. The molecule has 0 aromatic heterocycles. The molecule has 1 heterocycles. The highest BCUT2D eigenvalue weighted by atomic mass is 16.6. The minimum Gasteiger partial charge on any atom is -0.371 e. The number of carbonyl (C=O) groups excluding carboxylic acids is 1. The van der Waals surface area contributed by atoms with Crippen LogP contribution in [0.5, 0.6) is 0 Å². The topological polar surface area (TPSA) is 47.6 Å². The van der Waals surface area contributed by atoms with E-state index in [0.29, 0.717) is 13.2 Å². The van der Waals surface area contributed by atoms with Gasteiger partial charge in [0.25, 0.3) is 0 Å². The van der Waals surface area contributed by atoms with Crippen LogP contribution < -0.4 is 5.32 Å². The van der Waals surface area contributed by atoms with Crippen LogP contribution in [0.1, 0.15) is 12.5 Å². The first-order valence-electron chi connectivity index (χ1n) is 5.78. The molecule has 0 spiro atoms. The summed E-state index contributed by atoms with van der Waals surface area (Å²) in [6.07, 6.45) is 0.607. The van der Waals surface area contributed by atoms with Crippen LogP contribution in [0.3, 0.4) is 0 Å². The molecule has 0 aliphatic carbocycles. The van der Waals surface area contributed by atoms with E-state index in [9.17, 15) is 4.79 Å². The fourth-order valence-corrected chi connectivity index (χ4v) is 1.85. The maximum atomic E-state index is 10.8. The van der Waals surface area contributed by atoms with E-state index in [1.54, 1.807) is 0 Å². The number of hydrogen-bond acceptors (Lipinski definition) is 3. The van der Waals surface area contributed by atoms with Crippen molar-refractivity contribution in [3.8, 4) is 0 Å². The third kappa shape index (κ3) is 3.84. The van der Waals surface area contributed by atoms with Gasteiger partial charge in [0.1, 0.15) is 0 Å². The highest BCUT2D eigenvalue weighted by Gasteiger charge is 2.22. The minimum absolute atomic E-state index is 0.0717. The Kier molecular flexibility index (Phi) is 4.12. The Morgan fingerprint density at radius 1 is 1.29 bits per heavy atom. The van der Waals surface area contributed by atoms with Crippen molar-refractivity contribution in [3.63, 3.8) is 0 Å². The van der Waals surface area contributed by atoms with E-state index in [1.807, 2.05) is 18.2 Å². The Morgan fingerprint density at radius 2 is 2.06 bits per heavy atom. The van der Waals surface area contributed by atoms with Crippen LogP contribution in [0.15, 0.2) is 30.3 Å². The number of nitrogens with one attached hydrogen (secondary N) is 1. The SMILES string of the molecule is CC(=O)NC1COC(Cc2ccccc2)CO1. The Balaban J connectivity index is 1.78. The summed E-state index contributed by atoms with van der Waals surface area (Å²) in [5.74, 6) is -0.0971. The van der Waals surface area contributed by atoms with E-state index in [1.165, 1.54) is 12.5 Å². The standard InChI is InChI=1S/C13H17NO3/c1-10(15)14-13-9-16-12(8-17-13)7-11-5-3-2-4-6-11/h2-6,12-13H,7-9H2,1H3,(H,14,15). The average molecular weight is 235 g/mol. The number of amides is 1. The van der Waals surface area contributed by atoms with Gasteiger partial charge in [-0.15, -0.1) is 0 Å². The summed E-state index contributed by atoms with van der Waals surface area (Å²) < 4.78 is 11.2. The highest BCUT2D eigenvalue weighted by molar-refractivity contribution is 5.73. The fraction of sp³-hybridized carbons (Fsp3) is 0.462. The van der Waals surface area contributed by atoms with Gasteiger partial charge in [-0.25, -0.2) is 0 Å². The zero-order valence-corrected chi connectivity index (χ0v) is 9.89. The Hall–Kier alpha value is -1.39. The molecule has 1 N–H and O–H groups in total. The average Bonchev–Trinajstić information content (AvgIpc) is 2.32. The quantitative estimate of drug-likeness (QED) is 0.853. The van der Waals surface area contributed by atoms with Crippen molar-refractivity contribution in [2.45, 2.75) is 25.7 Å². The van der Waals surface area contributed by atoms with Gasteiger partial charge in [-0.3, -0.25) is 4.79 Å². The monoisotopic (exact) mass is 235 g/mol. The van der Waals surface area contributed by atoms with Crippen molar-refractivity contribution in [1.82, 2.24) is 5.32 Å². The van der Waals surface area contributed by atoms with Gasteiger partial charge in [0.15, 0.2) is 6.23 Å².